The van der Waals surface area contributed by atoms with Gasteiger partial charge in [-0.2, -0.15) is 5.26 Å². The largest absolute Gasteiger partial charge is 0.325 e. The molecular formula is C19H19N3O2. The number of rotatable bonds is 4. The van der Waals surface area contributed by atoms with Gasteiger partial charge in [0.25, 0.3) is 0 Å². The van der Waals surface area contributed by atoms with Crippen molar-refractivity contribution in [3.05, 3.63) is 59.2 Å². The molecule has 0 aliphatic rings. The van der Waals surface area contributed by atoms with Crippen molar-refractivity contribution in [1.82, 2.24) is 0 Å². The van der Waals surface area contributed by atoms with E-state index in [1.54, 1.807) is 24.3 Å². The fourth-order valence-corrected chi connectivity index (χ4v) is 2.25. The fraction of sp³-hybridized carbons (Fsp3) is 0.211. The topological polar surface area (TPSA) is 73.2 Å². The highest BCUT2D eigenvalue weighted by Gasteiger charge is 2.16. The molecule has 0 unspecified atom stereocenters. The summed E-state index contributed by atoms with van der Waals surface area (Å²) in [7, 11) is 0. The lowest BCUT2D eigenvalue weighted by Crippen LogP contribution is -2.36. The number of aryl methyl sites for hydroxylation is 2. The molecule has 2 rings (SSSR count). The highest BCUT2D eigenvalue weighted by atomic mass is 16.2. The first-order valence-corrected chi connectivity index (χ1v) is 7.56. The third-order valence-corrected chi connectivity index (χ3v) is 3.78. The molecule has 0 aliphatic heterocycles. The first-order chi connectivity index (χ1) is 11.4. The minimum Gasteiger partial charge on any atom is -0.325 e. The number of hydrogen-bond acceptors (Lipinski definition) is 3. The Kier molecular flexibility index (Phi) is 5.33. The molecule has 2 aromatic carbocycles. The number of carbonyl (C=O) groups is 2. The normalized spacial score (nSPS) is 9.92. The fourth-order valence-electron chi connectivity index (χ4n) is 2.25. The van der Waals surface area contributed by atoms with Gasteiger partial charge >= 0.3 is 0 Å². The van der Waals surface area contributed by atoms with Crippen molar-refractivity contribution in [3.8, 4) is 6.07 Å². The maximum Gasteiger partial charge on any atom is 0.244 e. The summed E-state index contributed by atoms with van der Waals surface area (Å²) >= 11 is 0. The van der Waals surface area contributed by atoms with Crippen molar-refractivity contribution in [1.29, 1.82) is 5.26 Å². The molecule has 0 aromatic heterocycles. The van der Waals surface area contributed by atoms with Crippen LogP contribution in [0.4, 0.5) is 11.4 Å². The average Bonchev–Trinajstić information content (AvgIpc) is 2.56. The molecule has 0 aliphatic carbocycles. The van der Waals surface area contributed by atoms with Gasteiger partial charge in [-0.05, 0) is 61.4 Å². The molecule has 122 valence electrons. The Labute approximate surface area is 141 Å². The van der Waals surface area contributed by atoms with Crippen LogP contribution in [0.1, 0.15) is 23.6 Å². The van der Waals surface area contributed by atoms with E-state index in [1.807, 2.05) is 38.1 Å². The van der Waals surface area contributed by atoms with Crippen LogP contribution >= 0.6 is 0 Å². The number of anilines is 2. The minimum atomic E-state index is -0.298. The smallest absolute Gasteiger partial charge is 0.244 e. The van der Waals surface area contributed by atoms with Crippen molar-refractivity contribution < 1.29 is 9.59 Å². The number of carbonyl (C=O) groups excluding carboxylic acids is 2. The van der Waals surface area contributed by atoms with E-state index in [1.165, 1.54) is 11.8 Å². The molecule has 0 spiro atoms. The summed E-state index contributed by atoms with van der Waals surface area (Å²) in [5, 5.41) is 11.5. The van der Waals surface area contributed by atoms with E-state index in [9.17, 15) is 9.59 Å². The van der Waals surface area contributed by atoms with Crippen molar-refractivity contribution in [2.45, 2.75) is 20.8 Å². The number of nitrogens with one attached hydrogen (secondary N) is 1. The molecule has 5 heteroatoms. The summed E-state index contributed by atoms with van der Waals surface area (Å²) in [4.78, 5) is 25.6. The highest BCUT2D eigenvalue weighted by molar-refractivity contribution is 6.01. The van der Waals surface area contributed by atoms with Gasteiger partial charge < -0.3 is 10.2 Å². The summed E-state index contributed by atoms with van der Waals surface area (Å²) < 4.78 is 0. The van der Waals surface area contributed by atoms with Crippen molar-refractivity contribution in [2.24, 2.45) is 0 Å². The van der Waals surface area contributed by atoms with Gasteiger partial charge in [-0.25, -0.2) is 0 Å². The molecule has 0 fully saturated rings. The Morgan fingerprint density at radius 1 is 1.08 bits per heavy atom. The Bertz CT molecular complexity index is 804. The van der Waals surface area contributed by atoms with Gasteiger partial charge in [0, 0.05) is 18.3 Å². The lowest BCUT2D eigenvalue weighted by atomic mass is 10.1. The summed E-state index contributed by atoms with van der Waals surface area (Å²) in [6.45, 7) is 5.32. The predicted octanol–water partition coefficient (Wildman–Crippen LogP) is 3.17. The van der Waals surface area contributed by atoms with Crippen LogP contribution in [0.3, 0.4) is 0 Å². The zero-order chi connectivity index (χ0) is 17.7. The van der Waals surface area contributed by atoms with E-state index >= 15 is 0 Å². The average molecular weight is 321 g/mol. The van der Waals surface area contributed by atoms with Crippen molar-refractivity contribution >= 4 is 23.2 Å². The Balaban J connectivity index is 2.12. The van der Waals surface area contributed by atoms with Gasteiger partial charge in [-0.3, -0.25) is 9.59 Å². The minimum absolute atomic E-state index is 0.0716. The molecule has 0 radical (unpaired) electrons. The molecule has 0 heterocycles. The van der Waals surface area contributed by atoms with Crippen LogP contribution in [0.5, 0.6) is 0 Å². The molecule has 2 amide bonds. The lowest BCUT2D eigenvalue weighted by molar-refractivity contribution is -0.120. The maximum absolute atomic E-state index is 12.2. The molecular weight excluding hydrogens is 302 g/mol. The molecule has 5 nitrogen and oxygen atoms in total. The number of benzene rings is 2. The standard InChI is InChI=1S/C19H19N3O2/c1-13-4-9-18(10-14(13)2)22(15(3)23)12-19(24)21-17-7-5-16(11-20)6-8-17/h4-10H,12H2,1-3H3,(H,21,24). The monoisotopic (exact) mass is 321 g/mol. The second-order valence-electron chi connectivity index (χ2n) is 5.61. The Morgan fingerprint density at radius 2 is 1.75 bits per heavy atom. The molecule has 0 bridgehead atoms. The summed E-state index contributed by atoms with van der Waals surface area (Å²) in [6, 6.07) is 14.2. The van der Waals surface area contributed by atoms with E-state index < -0.39 is 0 Å². The Morgan fingerprint density at radius 3 is 2.29 bits per heavy atom. The molecule has 0 saturated heterocycles. The number of hydrogen-bond donors (Lipinski definition) is 1. The zero-order valence-corrected chi connectivity index (χ0v) is 14.0. The third kappa shape index (κ3) is 4.20. The quantitative estimate of drug-likeness (QED) is 0.940. The van der Waals surface area contributed by atoms with Crippen LogP contribution < -0.4 is 10.2 Å². The van der Waals surface area contributed by atoms with Crippen LogP contribution in [0, 0.1) is 25.2 Å². The lowest BCUT2D eigenvalue weighted by Gasteiger charge is -2.21. The van der Waals surface area contributed by atoms with Gasteiger partial charge in [0.1, 0.15) is 6.54 Å². The van der Waals surface area contributed by atoms with E-state index in [2.05, 4.69) is 5.32 Å². The third-order valence-electron chi connectivity index (χ3n) is 3.78. The second-order valence-corrected chi connectivity index (χ2v) is 5.61. The van der Waals surface area contributed by atoms with Gasteiger partial charge in [0.2, 0.25) is 11.8 Å². The SMILES string of the molecule is CC(=O)N(CC(=O)Nc1ccc(C#N)cc1)c1ccc(C)c(C)c1. The molecule has 0 saturated carbocycles. The number of amides is 2. The van der Waals surface area contributed by atoms with Gasteiger partial charge in [-0.1, -0.05) is 6.07 Å². The van der Waals surface area contributed by atoms with Crippen LogP contribution in [0.2, 0.25) is 0 Å². The van der Waals surface area contributed by atoms with E-state index in [-0.39, 0.29) is 18.4 Å². The Hall–Kier alpha value is -3.13. The second kappa shape index (κ2) is 7.42. The molecule has 2 aromatic rings. The zero-order valence-electron chi connectivity index (χ0n) is 14.0. The van der Waals surface area contributed by atoms with Gasteiger partial charge in [0.05, 0.1) is 11.6 Å². The van der Waals surface area contributed by atoms with Gasteiger partial charge in [0.15, 0.2) is 0 Å². The van der Waals surface area contributed by atoms with E-state index in [0.29, 0.717) is 16.9 Å². The summed E-state index contributed by atoms with van der Waals surface area (Å²) in [5.74, 6) is -0.499. The summed E-state index contributed by atoms with van der Waals surface area (Å²) in [5.41, 5.74) is 3.99. The highest BCUT2D eigenvalue weighted by Crippen LogP contribution is 2.19. The molecule has 1 N–H and O–H groups in total. The number of nitriles is 1. The first kappa shape index (κ1) is 17.2. The molecule has 0 atom stereocenters. The summed E-state index contributed by atoms with van der Waals surface area (Å²) in [6.07, 6.45) is 0. The molecule has 24 heavy (non-hydrogen) atoms. The van der Waals surface area contributed by atoms with E-state index in [4.69, 9.17) is 5.26 Å². The van der Waals surface area contributed by atoms with Crippen molar-refractivity contribution in [3.63, 3.8) is 0 Å². The maximum atomic E-state index is 12.2. The number of nitrogens with zero attached hydrogens (tertiary/aromatic N) is 2. The van der Waals surface area contributed by atoms with Crippen LogP contribution in [-0.2, 0) is 9.59 Å². The van der Waals surface area contributed by atoms with Crippen molar-refractivity contribution in [2.75, 3.05) is 16.8 Å². The van der Waals surface area contributed by atoms with Crippen LogP contribution in [0.15, 0.2) is 42.5 Å². The van der Waals surface area contributed by atoms with Crippen LogP contribution in [-0.4, -0.2) is 18.4 Å². The van der Waals surface area contributed by atoms with Gasteiger partial charge in [-0.15, -0.1) is 0 Å². The first-order valence-electron chi connectivity index (χ1n) is 7.56. The van der Waals surface area contributed by atoms with Crippen LogP contribution in [0.25, 0.3) is 0 Å². The predicted molar refractivity (Wildman–Crippen MR) is 93.7 cm³/mol. The van der Waals surface area contributed by atoms with E-state index in [0.717, 1.165) is 11.1 Å².